The fourth-order valence-corrected chi connectivity index (χ4v) is 1.43. The Bertz CT molecular complexity index is 176. The predicted octanol–water partition coefficient (Wildman–Crippen LogP) is 0.564. The fourth-order valence-electron chi connectivity index (χ4n) is 1.43. The summed E-state index contributed by atoms with van der Waals surface area (Å²) in [6.45, 7) is 6.50. The van der Waals surface area contributed by atoms with Gasteiger partial charge in [-0.05, 0) is 26.2 Å². The molecule has 0 aromatic heterocycles. The second-order valence-corrected chi connectivity index (χ2v) is 3.90. The molecule has 1 atom stereocenters. The van der Waals surface area contributed by atoms with Gasteiger partial charge in [0.1, 0.15) is 0 Å². The molecule has 0 aliphatic carbocycles. The SMILES string of the molecule is CC(C)OC(=O)CNCC1CCOC1. The zero-order valence-corrected chi connectivity index (χ0v) is 8.91. The van der Waals surface area contributed by atoms with Gasteiger partial charge in [0, 0.05) is 13.2 Å². The van der Waals surface area contributed by atoms with Gasteiger partial charge in [-0.1, -0.05) is 0 Å². The van der Waals surface area contributed by atoms with Crippen molar-refractivity contribution in [3.8, 4) is 0 Å². The molecule has 82 valence electrons. The second-order valence-electron chi connectivity index (χ2n) is 3.90. The number of carbonyl (C=O) groups is 1. The molecule has 0 aromatic rings. The number of hydrogen-bond acceptors (Lipinski definition) is 4. The summed E-state index contributed by atoms with van der Waals surface area (Å²) >= 11 is 0. The van der Waals surface area contributed by atoms with Crippen LogP contribution >= 0.6 is 0 Å². The quantitative estimate of drug-likeness (QED) is 0.660. The van der Waals surface area contributed by atoms with E-state index >= 15 is 0 Å². The van der Waals surface area contributed by atoms with Crippen molar-refractivity contribution in [1.29, 1.82) is 0 Å². The lowest BCUT2D eigenvalue weighted by Crippen LogP contribution is -2.30. The summed E-state index contributed by atoms with van der Waals surface area (Å²) in [7, 11) is 0. The maximum Gasteiger partial charge on any atom is 0.320 e. The molecule has 1 aliphatic rings. The largest absolute Gasteiger partial charge is 0.462 e. The lowest BCUT2D eigenvalue weighted by molar-refractivity contribution is -0.146. The van der Waals surface area contributed by atoms with Gasteiger partial charge < -0.3 is 14.8 Å². The zero-order chi connectivity index (χ0) is 10.4. The first-order valence-electron chi connectivity index (χ1n) is 5.16. The molecular weight excluding hydrogens is 182 g/mol. The Morgan fingerprint density at radius 1 is 1.64 bits per heavy atom. The van der Waals surface area contributed by atoms with Crippen LogP contribution in [0.1, 0.15) is 20.3 Å². The number of nitrogens with one attached hydrogen (secondary N) is 1. The van der Waals surface area contributed by atoms with Crippen LogP contribution in [0.3, 0.4) is 0 Å². The monoisotopic (exact) mass is 201 g/mol. The highest BCUT2D eigenvalue weighted by molar-refractivity contribution is 5.71. The molecule has 1 heterocycles. The van der Waals surface area contributed by atoms with Crippen LogP contribution in [0.5, 0.6) is 0 Å². The average Bonchev–Trinajstić information content (AvgIpc) is 2.55. The summed E-state index contributed by atoms with van der Waals surface area (Å²) in [5, 5.41) is 3.08. The minimum Gasteiger partial charge on any atom is -0.462 e. The number of rotatable bonds is 5. The van der Waals surface area contributed by atoms with Crippen LogP contribution in [0.2, 0.25) is 0 Å². The molecule has 0 radical (unpaired) electrons. The van der Waals surface area contributed by atoms with Crippen molar-refractivity contribution in [2.45, 2.75) is 26.4 Å². The molecule has 1 saturated heterocycles. The third-order valence-electron chi connectivity index (χ3n) is 2.09. The van der Waals surface area contributed by atoms with Crippen molar-refractivity contribution in [3.05, 3.63) is 0 Å². The number of carbonyl (C=O) groups excluding carboxylic acids is 1. The van der Waals surface area contributed by atoms with E-state index in [2.05, 4.69) is 5.32 Å². The van der Waals surface area contributed by atoms with E-state index in [1.165, 1.54) is 0 Å². The van der Waals surface area contributed by atoms with Gasteiger partial charge in [-0.3, -0.25) is 4.79 Å². The van der Waals surface area contributed by atoms with Gasteiger partial charge >= 0.3 is 5.97 Å². The highest BCUT2D eigenvalue weighted by atomic mass is 16.5. The van der Waals surface area contributed by atoms with E-state index < -0.39 is 0 Å². The first-order chi connectivity index (χ1) is 6.68. The molecule has 1 aliphatic heterocycles. The van der Waals surface area contributed by atoms with Gasteiger partial charge in [0.15, 0.2) is 0 Å². The summed E-state index contributed by atoms with van der Waals surface area (Å²) in [6, 6.07) is 0. The van der Waals surface area contributed by atoms with E-state index in [1.54, 1.807) is 0 Å². The van der Waals surface area contributed by atoms with Gasteiger partial charge in [0.05, 0.1) is 19.3 Å². The van der Waals surface area contributed by atoms with Gasteiger partial charge in [-0.2, -0.15) is 0 Å². The Labute approximate surface area is 85.0 Å². The maximum atomic E-state index is 11.1. The second kappa shape index (κ2) is 5.98. The summed E-state index contributed by atoms with van der Waals surface area (Å²) in [5.74, 6) is 0.376. The Hall–Kier alpha value is -0.610. The van der Waals surface area contributed by atoms with Crippen molar-refractivity contribution in [2.75, 3.05) is 26.3 Å². The molecule has 0 saturated carbocycles. The summed E-state index contributed by atoms with van der Waals surface area (Å²) in [4.78, 5) is 11.1. The molecule has 4 heteroatoms. The molecule has 0 spiro atoms. The molecule has 1 rings (SSSR count). The third kappa shape index (κ3) is 4.58. The van der Waals surface area contributed by atoms with Crippen molar-refractivity contribution in [1.82, 2.24) is 5.32 Å². The molecule has 1 N–H and O–H groups in total. The lowest BCUT2D eigenvalue weighted by Gasteiger charge is -2.10. The number of esters is 1. The van der Waals surface area contributed by atoms with E-state index in [0.717, 1.165) is 26.2 Å². The van der Waals surface area contributed by atoms with E-state index in [4.69, 9.17) is 9.47 Å². The topological polar surface area (TPSA) is 47.6 Å². The standard InChI is InChI=1S/C10H19NO3/c1-8(2)14-10(12)6-11-5-9-3-4-13-7-9/h8-9,11H,3-7H2,1-2H3. The van der Waals surface area contributed by atoms with Crippen LogP contribution in [0, 0.1) is 5.92 Å². The fraction of sp³-hybridized carbons (Fsp3) is 0.900. The van der Waals surface area contributed by atoms with Gasteiger partial charge in [-0.15, -0.1) is 0 Å². The van der Waals surface area contributed by atoms with Gasteiger partial charge in [-0.25, -0.2) is 0 Å². The van der Waals surface area contributed by atoms with E-state index in [0.29, 0.717) is 12.5 Å². The highest BCUT2D eigenvalue weighted by Crippen LogP contribution is 2.10. The van der Waals surface area contributed by atoms with Crippen LogP contribution < -0.4 is 5.32 Å². The maximum absolute atomic E-state index is 11.1. The van der Waals surface area contributed by atoms with E-state index in [1.807, 2.05) is 13.8 Å². The van der Waals surface area contributed by atoms with Crippen LogP contribution in [0.25, 0.3) is 0 Å². The van der Waals surface area contributed by atoms with Crippen molar-refractivity contribution >= 4 is 5.97 Å². The smallest absolute Gasteiger partial charge is 0.320 e. The molecule has 14 heavy (non-hydrogen) atoms. The molecule has 0 amide bonds. The normalized spacial score (nSPS) is 21.5. The summed E-state index contributed by atoms with van der Waals surface area (Å²) in [5.41, 5.74) is 0. The van der Waals surface area contributed by atoms with E-state index in [-0.39, 0.29) is 12.1 Å². The molecule has 1 fully saturated rings. The molecule has 0 bridgehead atoms. The predicted molar refractivity (Wildman–Crippen MR) is 53.0 cm³/mol. The highest BCUT2D eigenvalue weighted by Gasteiger charge is 2.15. The van der Waals surface area contributed by atoms with Gasteiger partial charge in [0.2, 0.25) is 0 Å². The van der Waals surface area contributed by atoms with Crippen LogP contribution in [-0.4, -0.2) is 38.4 Å². The summed E-state index contributed by atoms with van der Waals surface area (Å²) < 4.78 is 10.2. The zero-order valence-electron chi connectivity index (χ0n) is 8.91. The average molecular weight is 201 g/mol. The first kappa shape index (κ1) is 11.5. The molecule has 0 aromatic carbocycles. The minimum atomic E-state index is -0.182. The van der Waals surface area contributed by atoms with Crippen LogP contribution in [-0.2, 0) is 14.3 Å². The van der Waals surface area contributed by atoms with Crippen LogP contribution in [0.4, 0.5) is 0 Å². The molecule has 1 unspecified atom stereocenters. The molecular formula is C10H19NO3. The van der Waals surface area contributed by atoms with Crippen LogP contribution in [0.15, 0.2) is 0 Å². The van der Waals surface area contributed by atoms with E-state index in [9.17, 15) is 4.79 Å². The van der Waals surface area contributed by atoms with Crippen molar-refractivity contribution in [3.63, 3.8) is 0 Å². The number of hydrogen-bond donors (Lipinski definition) is 1. The summed E-state index contributed by atoms with van der Waals surface area (Å²) in [6.07, 6.45) is 1.06. The Morgan fingerprint density at radius 2 is 2.43 bits per heavy atom. The van der Waals surface area contributed by atoms with Gasteiger partial charge in [0.25, 0.3) is 0 Å². The Morgan fingerprint density at radius 3 is 3.00 bits per heavy atom. The number of ether oxygens (including phenoxy) is 2. The third-order valence-corrected chi connectivity index (χ3v) is 2.09. The Balaban J connectivity index is 1.99. The minimum absolute atomic E-state index is 0.0286. The van der Waals surface area contributed by atoms with Crippen molar-refractivity contribution < 1.29 is 14.3 Å². The van der Waals surface area contributed by atoms with Crippen molar-refractivity contribution in [2.24, 2.45) is 5.92 Å². The Kier molecular flexibility index (Phi) is 4.90. The molecule has 4 nitrogen and oxygen atoms in total. The lowest BCUT2D eigenvalue weighted by atomic mass is 10.1. The first-order valence-corrected chi connectivity index (χ1v) is 5.16.